The van der Waals surface area contributed by atoms with Crippen molar-refractivity contribution in [2.24, 2.45) is 0 Å². The van der Waals surface area contributed by atoms with E-state index < -0.39 is 51.9 Å². The van der Waals surface area contributed by atoms with Crippen molar-refractivity contribution in [1.82, 2.24) is 19.9 Å². The average molecular weight is 632 g/mol. The highest BCUT2D eigenvalue weighted by Gasteiger charge is 2.32. The maximum atomic E-state index is 14.9. The van der Waals surface area contributed by atoms with Crippen LogP contribution in [-0.2, 0) is 9.47 Å². The second-order valence-electron chi connectivity index (χ2n) is 12.5. The largest absolute Gasteiger partial charge is 0.449 e. The van der Waals surface area contributed by atoms with Gasteiger partial charge in [0.05, 0.1) is 19.1 Å². The molecule has 0 spiro atoms. The van der Waals surface area contributed by atoms with E-state index in [-0.39, 0.29) is 44.5 Å². The van der Waals surface area contributed by atoms with Gasteiger partial charge in [0, 0.05) is 19.0 Å². The van der Waals surface area contributed by atoms with Gasteiger partial charge < -0.3 is 24.7 Å². The number of rotatable bonds is 5. The van der Waals surface area contributed by atoms with Gasteiger partial charge in [0.15, 0.2) is 5.82 Å². The zero-order chi connectivity index (χ0) is 32.7. The van der Waals surface area contributed by atoms with Crippen LogP contribution in [-0.4, -0.2) is 65.1 Å². The van der Waals surface area contributed by atoms with Crippen LogP contribution in [0.3, 0.4) is 0 Å². The van der Waals surface area contributed by atoms with E-state index in [0.29, 0.717) is 0 Å². The summed E-state index contributed by atoms with van der Waals surface area (Å²) in [7, 11) is 0. The molecule has 0 radical (unpaired) electrons. The van der Waals surface area contributed by atoms with Gasteiger partial charge in [0.25, 0.3) is 5.56 Å². The lowest BCUT2D eigenvalue weighted by molar-refractivity contribution is 0.0231. The van der Waals surface area contributed by atoms with Gasteiger partial charge in [-0.3, -0.25) is 4.79 Å². The number of alkyl carbamates (subject to hydrolysis) is 1. The number of halogens is 2. The van der Waals surface area contributed by atoms with E-state index in [1.807, 2.05) is 48.5 Å². The van der Waals surface area contributed by atoms with Crippen LogP contribution in [0.5, 0.6) is 0 Å². The Morgan fingerprint density at radius 2 is 1.52 bits per heavy atom. The van der Waals surface area contributed by atoms with Crippen molar-refractivity contribution < 1.29 is 27.8 Å². The Morgan fingerprint density at radius 1 is 0.935 bits per heavy atom. The Labute approximate surface area is 264 Å². The minimum absolute atomic E-state index is 0.0128. The summed E-state index contributed by atoms with van der Waals surface area (Å²) >= 11 is 0. The van der Waals surface area contributed by atoms with Crippen LogP contribution in [0.25, 0.3) is 22.0 Å². The maximum Gasteiger partial charge on any atom is 0.410 e. The Morgan fingerprint density at radius 3 is 2.13 bits per heavy atom. The Balaban J connectivity index is 1.24. The standard InChI is InChI=1S/C34H35F2N5O5/c1-20(37-32(43)45-19-25-23-11-7-5-9-21(23)22-10-6-8-12-24(22)25)30-38-29-27(36)14-13-26(35)28(29)31(42)41(30)40-17-15-39(16-18-40)33(44)46-34(2,3)4/h5-14,20,25H,15-19H2,1-4H3,(H,37,43)/t20-/m0/s1. The highest BCUT2D eigenvalue weighted by atomic mass is 19.1. The number of carbonyl (C=O) groups excluding carboxylic acids is 2. The van der Waals surface area contributed by atoms with E-state index in [4.69, 9.17) is 9.47 Å². The number of carbonyl (C=O) groups is 2. The number of hydrogen-bond acceptors (Lipinski definition) is 7. The summed E-state index contributed by atoms with van der Waals surface area (Å²) in [6.45, 7) is 7.72. The van der Waals surface area contributed by atoms with Crippen LogP contribution < -0.4 is 15.9 Å². The van der Waals surface area contributed by atoms with Gasteiger partial charge in [-0.15, -0.1) is 0 Å². The van der Waals surface area contributed by atoms with Crippen molar-refractivity contribution in [3.05, 3.63) is 99.6 Å². The lowest BCUT2D eigenvalue weighted by Crippen LogP contribution is -2.57. The molecule has 6 rings (SSSR count). The molecule has 10 nitrogen and oxygen atoms in total. The summed E-state index contributed by atoms with van der Waals surface area (Å²) in [6.07, 6.45) is -1.25. The van der Waals surface area contributed by atoms with E-state index in [1.165, 1.54) is 4.90 Å². The first-order chi connectivity index (χ1) is 21.9. The molecule has 2 amide bonds. The third-order valence-electron chi connectivity index (χ3n) is 8.18. The van der Waals surface area contributed by atoms with Gasteiger partial charge in [0.2, 0.25) is 0 Å². The molecule has 1 saturated heterocycles. The van der Waals surface area contributed by atoms with Gasteiger partial charge >= 0.3 is 12.2 Å². The van der Waals surface area contributed by atoms with Crippen LogP contribution >= 0.6 is 0 Å². The lowest BCUT2D eigenvalue weighted by Gasteiger charge is -2.38. The molecule has 0 bridgehead atoms. The van der Waals surface area contributed by atoms with E-state index in [1.54, 1.807) is 32.7 Å². The number of benzene rings is 3. The molecule has 0 saturated carbocycles. The second-order valence-corrected chi connectivity index (χ2v) is 12.5. The molecule has 240 valence electrons. The number of amides is 2. The summed E-state index contributed by atoms with van der Waals surface area (Å²) in [4.78, 5) is 45.4. The number of fused-ring (bicyclic) bond motifs is 4. The van der Waals surface area contributed by atoms with Gasteiger partial charge in [-0.25, -0.2) is 28.0 Å². The van der Waals surface area contributed by atoms with Crippen molar-refractivity contribution in [2.75, 3.05) is 37.8 Å². The number of ether oxygens (including phenoxy) is 2. The first-order valence-corrected chi connectivity index (χ1v) is 15.2. The minimum Gasteiger partial charge on any atom is -0.449 e. The fourth-order valence-corrected chi connectivity index (χ4v) is 6.07. The molecule has 46 heavy (non-hydrogen) atoms. The molecule has 12 heteroatoms. The molecular formula is C34H35F2N5O5. The number of nitrogens with one attached hydrogen (secondary N) is 1. The fourth-order valence-electron chi connectivity index (χ4n) is 6.07. The number of aromatic nitrogens is 2. The zero-order valence-corrected chi connectivity index (χ0v) is 26.0. The van der Waals surface area contributed by atoms with E-state index in [2.05, 4.69) is 10.3 Å². The summed E-state index contributed by atoms with van der Waals surface area (Å²) in [5.41, 5.74) is 2.34. The van der Waals surface area contributed by atoms with Gasteiger partial charge in [-0.2, -0.15) is 0 Å². The summed E-state index contributed by atoms with van der Waals surface area (Å²) < 4.78 is 42.1. The van der Waals surface area contributed by atoms with Crippen molar-refractivity contribution in [2.45, 2.75) is 45.3 Å². The Hall–Kier alpha value is -5.00. The fraction of sp³-hybridized carbons (Fsp3) is 0.353. The zero-order valence-electron chi connectivity index (χ0n) is 26.0. The molecule has 1 fully saturated rings. The Bertz CT molecular complexity index is 1840. The van der Waals surface area contributed by atoms with Crippen LogP contribution in [0, 0.1) is 11.6 Å². The van der Waals surface area contributed by atoms with Gasteiger partial charge in [-0.05, 0) is 62.1 Å². The molecule has 0 unspecified atom stereocenters. The summed E-state index contributed by atoms with van der Waals surface area (Å²) in [5.74, 6) is -1.96. The average Bonchev–Trinajstić information content (AvgIpc) is 3.34. The maximum absolute atomic E-state index is 14.9. The SMILES string of the molecule is C[C@H](NC(=O)OCC1c2ccccc2-c2ccccc21)c1nc2c(F)ccc(F)c2c(=O)n1N1CCN(C(=O)OC(C)(C)C)CC1. The molecule has 2 heterocycles. The van der Waals surface area contributed by atoms with Gasteiger partial charge in [-0.1, -0.05) is 48.5 Å². The van der Waals surface area contributed by atoms with Crippen molar-refractivity contribution in [3.63, 3.8) is 0 Å². The van der Waals surface area contributed by atoms with Crippen molar-refractivity contribution >= 4 is 23.1 Å². The highest BCUT2D eigenvalue weighted by Crippen LogP contribution is 2.44. The number of piperazine rings is 1. The normalized spacial score (nSPS) is 15.3. The minimum atomic E-state index is -0.945. The quantitative estimate of drug-likeness (QED) is 0.312. The molecule has 1 aliphatic carbocycles. The first-order valence-electron chi connectivity index (χ1n) is 15.2. The van der Waals surface area contributed by atoms with Crippen LogP contribution in [0.2, 0.25) is 0 Å². The predicted octanol–water partition coefficient (Wildman–Crippen LogP) is 5.46. The lowest BCUT2D eigenvalue weighted by atomic mass is 9.98. The molecule has 1 aromatic heterocycles. The Kier molecular flexibility index (Phi) is 8.13. The molecule has 1 atom stereocenters. The van der Waals surface area contributed by atoms with Crippen LogP contribution in [0.1, 0.15) is 56.6 Å². The van der Waals surface area contributed by atoms with Crippen LogP contribution in [0.15, 0.2) is 65.5 Å². The highest BCUT2D eigenvalue weighted by molar-refractivity contribution is 5.80. The number of hydrogen-bond donors (Lipinski definition) is 1. The third kappa shape index (κ3) is 5.86. The van der Waals surface area contributed by atoms with Crippen LogP contribution in [0.4, 0.5) is 18.4 Å². The van der Waals surface area contributed by atoms with Crippen molar-refractivity contribution in [1.29, 1.82) is 0 Å². The molecule has 3 aromatic carbocycles. The van der Waals surface area contributed by atoms with Gasteiger partial charge in [0.1, 0.15) is 34.7 Å². The molecule has 1 N–H and O–H groups in total. The molecule has 4 aromatic rings. The van der Waals surface area contributed by atoms with E-state index in [0.717, 1.165) is 39.1 Å². The second kappa shape index (κ2) is 12.1. The summed E-state index contributed by atoms with van der Waals surface area (Å²) in [6, 6.07) is 16.8. The summed E-state index contributed by atoms with van der Waals surface area (Å²) in [5, 5.41) is 3.81. The van der Waals surface area contributed by atoms with E-state index >= 15 is 0 Å². The third-order valence-corrected chi connectivity index (χ3v) is 8.18. The first kappa shape index (κ1) is 31.0. The van der Waals surface area contributed by atoms with E-state index in [9.17, 15) is 23.2 Å². The molecular weight excluding hydrogens is 596 g/mol. The monoisotopic (exact) mass is 631 g/mol. The molecule has 2 aliphatic rings. The number of nitrogens with zero attached hydrogens (tertiary/aromatic N) is 4. The topological polar surface area (TPSA) is 106 Å². The predicted molar refractivity (Wildman–Crippen MR) is 168 cm³/mol. The van der Waals surface area contributed by atoms with Crippen molar-refractivity contribution in [3.8, 4) is 11.1 Å². The smallest absolute Gasteiger partial charge is 0.410 e. The molecule has 1 aliphatic heterocycles.